The zero-order valence-corrected chi connectivity index (χ0v) is 11.0. The van der Waals surface area contributed by atoms with Crippen LogP contribution in [0.25, 0.3) is 0 Å². The summed E-state index contributed by atoms with van der Waals surface area (Å²) in [5.74, 6) is 0.269. The van der Waals surface area contributed by atoms with Crippen LogP contribution in [0, 0.1) is 12.8 Å². The van der Waals surface area contributed by atoms with Crippen molar-refractivity contribution in [2.45, 2.75) is 26.8 Å². The lowest BCUT2D eigenvalue weighted by Gasteiger charge is -2.16. The number of nitrogens with one attached hydrogen (secondary N) is 1. The smallest absolute Gasteiger partial charge is 0.256 e. The molecule has 1 N–H and O–H groups in total. The predicted octanol–water partition coefficient (Wildman–Crippen LogP) is 2.24. The van der Waals surface area contributed by atoms with Crippen molar-refractivity contribution in [3.8, 4) is 0 Å². The summed E-state index contributed by atoms with van der Waals surface area (Å²) in [4.78, 5) is 13.8. The van der Waals surface area contributed by atoms with Gasteiger partial charge < -0.3 is 5.32 Å². The fourth-order valence-electron chi connectivity index (χ4n) is 1.96. The third-order valence-corrected chi connectivity index (χ3v) is 3.20. The summed E-state index contributed by atoms with van der Waals surface area (Å²) in [5.41, 5.74) is 1.96. The lowest BCUT2D eigenvalue weighted by Crippen LogP contribution is -2.34. The van der Waals surface area contributed by atoms with E-state index in [9.17, 15) is 4.79 Å². The number of anilines is 1. The van der Waals surface area contributed by atoms with Gasteiger partial charge in [-0.05, 0) is 42.8 Å². The van der Waals surface area contributed by atoms with Gasteiger partial charge >= 0.3 is 0 Å². The van der Waals surface area contributed by atoms with Gasteiger partial charge in [-0.1, -0.05) is 26.0 Å². The van der Waals surface area contributed by atoms with Gasteiger partial charge in [-0.15, -0.1) is 0 Å². The van der Waals surface area contributed by atoms with Gasteiger partial charge in [0, 0.05) is 0 Å². The molecule has 4 heteroatoms. The summed E-state index contributed by atoms with van der Waals surface area (Å²) in [6, 6.07) is 7.60. The van der Waals surface area contributed by atoms with Crippen LogP contribution in [-0.2, 0) is 4.79 Å². The Morgan fingerprint density at radius 3 is 2.65 bits per heavy atom. The van der Waals surface area contributed by atoms with E-state index in [0.29, 0.717) is 5.11 Å². The molecule has 1 fully saturated rings. The maximum atomic E-state index is 12.2. The molecule has 2 rings (SSSR count). The van der Waals surface area contributed by atoms with Crippen LogP contribution < -0.4 is 10.2 Å². The molecule has 1 aliphatic heterocycles. The highest BCUT2D eigenvalue weighted by molar-refractivity contribution is 7.80. The quantitative estimate of drug-likeness (QED) is 0.815. The number of amides is 1. The topological polar surface area (TPSA) is 32.3 Å². The Labute approximate surface area is 107 Å². The molecular weight excluding hydrogens is 232 g/mol. The molecule has 1 aliphatic rings. The summed E-state index contributed by atoms with van der Waals surface area (Å²) in [6.07, 6.45) is 0. The average molecular weight is 248 g/mol. The van der Waals surface area contributed by atoms with Crippen LogP contribution in [0.1, 0.15) is 19.4 Å². The van der Waals surface area contributed by atoms with Crippen molar-refractivity contribution in [2.24, 2.45) is 5.92 Å². The minimum absolute atomic E-state index is 0.0376. The molecule has 1 amide bonds. The lowest BCUT2D eigenvalue weighted by molar-refractivity contribution is -0.119. The van der Waals surface area contributed by atoms with Gasteiger partial charge in [0.2, 0.25) is 0 Å². The van der Waals surface area contributed by atoms with Crippen molar-refractivity contribution in [2.75, 3.05) is 4.90 Å². The number of rotatable bonds is 2. The predicted molar refractivity (Wildman–Crippen MR) is 73.0 cm³/mol. The fraction of sp³-hybridized carbons (Fsp3) is 0.385. The second-order valence-electron chi connectivity index (χ2n) is 4.68. The van der Waals surface area contributed by atoms with E-state index in [1.165, 1.54) is 0 Å². The Morgan fingerprint density at radius 1 is 1.41 bits per heavy atom. The Hall–Kier alpha value is -1.42. The van der Waals surface area contributed by atoms with Gasteiger partial charge in [-0.2, -0.15) is 0 Å². The summed E-state index contributed by atoms with van der Waals surface area (Å²) in [7, 11) is 0. The number of carbonyl (C=O) groups is 1. The maximum absolute atomic E-state index is 12.2. The second-order valence-corrected chi connectivity index (χ2v) is 5.07. The second kappa shape index (κ2) is 4.45. The highest BCUT2D eigenvalue weighted by Gasteiger charge is 2.37. The monoisotopic (exact) mass is 248 g/mol. The van der Waals surface area contributed by atoms with E-state index in [0.717, 1.165) is 11.3 Å². The molecule has 0 saturated carbocycles. The van der Waals surface area contributed by atoms with E-state index in [4.69, 9.17) is 12.2 Å². The van der Waals surface area contributed by atoms with E-state index in [-0.39, 0.29) is 17.9 Å². The Bertz CT molecular complexity index is 470. The van der Waals surface area contributed by atoms with Crippen LogP contribution in [0.15, 0.2) is 24.3 Å². The molecule has 0 radical (unpaired) electrons. The van der Waals surface area contributed by atoms with Crippen molar-refractivity contribution in [1.29, 1.82) is 0 Å². The van der Waals surface area contributed by atoms with Gasteiger partial charge in [-0.25, -0.2) is 0 Å². The van der Waals surface area contributed by atoms with Crippen LogP contribution >= 0.6 is 12.2 Å². The highest BCUT2D eigenvalue weighted by atomic mass is 32.1. The maximum Gasteiger partial charge on any atom is 0.256 e. The molecule has 1 aromatic rings. The SMILES string of the molecule is Cc1cccc(N2C(=O)C(C(C)C)NC2=S)c1. The van der Waals surface area contributed by atoms with E-state index in [1.807, 2.05) is 45.0 Å². The fourth-order valence-corrected chi connectivity index (χ4v) is 2.28. The van der Waals surface area contributed by atoms with Gasteiger partial charge in [-0.3, -0.25) is 9.69 Å². The molecular formula is C13H16N2OS. The summed E-state index contributed by atoms with van der Waals surface area (Å²) in [6.45, 7) is 6.02. The van der Waals surface area contributed by atoms with Crippen molar-refractivity contribution in [3.63, 3.8) is 0 Å². The third kappa shape index (κ3) is 2.17. The molecule has 90 valence electrons. The number of hydrogen-bond acceptors (Lipinski definition) is 2. The first-order valence-corrected chi connectivity index (χ1v) is 6.12. The Kier molecular flexibility index (Phi) is 3.15. The van der Waals surface area contributed by atoms with Crippen molar-refractivity contribution >= 4 is 28.9 Å². The molecule has 3 nitrogen and oxygen atoms in total. The molecule has 1 heterocycles. The number of hydrogen-bond donors (Lipinski definition) is 1. The van der Waals surface area contributed by atoms with Crippen molar-refractivity contribution in [1.82, 2.24) is 5.32 Å². The van der Waals surface area contributed by atoms with E-state index in [1.54, 1.807) is 4.90 Å². The largest absolute Gasteiger partial charge is 0.350 e. The number of thiocarbonyl (C=S) groups is 1. The molecule has 1 unspecified atom stereocenters. The van der Waals surface area contributed by atoms with Crippen LogP contribution in [0.3, 0.4) is 0 Å². The summed E-state index contributed by atoms with van der Waals surface area (Å²) in [5, 5.41) is 3.58. The number of carbonyl (C=O) groups excluding carboxylic acids is 1. The van der Waals surface area contributed by atoms with Crippen LogP contribution in [-0.4, -0.2) is 17.1 Å². The summed E-state index contributed by atoms with van der Waals surface area (Å²) >= 11 is 5.23. The third-order valence-electron chi connectivity index (χ3n) is 2.90. The number of aryl methyl sites for hydroxylation is 1. The zero-order chi connectivity index (χ0) is 12.6. The standard InChI is InChI=1S/C13H16N2OS/c1-8(2)11-12(16)15(13(17)14-11)10-6-4-5-9(3)7-10/h4-8,11H,1-3H3,(H,14,17). The first-order valence-electron chi connectivity index (χ1n) is 5.72. The lowest BCUT2D eigenvalue weighted by atomic mass is 10.0. The van der Waals surface area contributed by atoms with E-state index in [2.05, 4.69) is 5.32 Å². The molecule has 17 heavy (non-hydrogen) atoms. The van der Waals surface area contributed by atoms with Crippen LogP contribution in [0.4, 0.5) is 5.69 Å². The zero-order valence-electron chi connectivity index (χ0n) is 10.2. The van der Waals surface area contributed by atoms with Crippen molar-refractivity contribution in [3.05, 3.63) is 29.8 Å². The van der Waals surface area contributed by atoms with Crippen LogP contribution in [0.5, 0.6) is 0 Å². The van der Waals surface area contributed by atoms with Gasteiger partial charge in [0.05, 0.1) is 5.69 Å². The van der Waals surface area contributed by atoms with Gasteiger partial charge in [0.15, 0.2) is 5.11 Å². The average Bonchev–Trinajstić information content (AvgIpc) is 2.54. The molecule has 1 aromatic carbocycles. The van der Waals surface area contributed by atoms with E-state index < -0.39 is 0 Å². The molecule has 1 saturated heterocycles. The summed E-state index contributed by atoms with van der Waals surface area (Å²) < 4.78 is 0. The van der Waals surface area contributed by atoms with Crippen LogP contribution in [0.2, 0.25) is 0 Å². The molecule has 0 aromatic heterocycles. The molecule has 0 bridgehead atoms. The van der Waals surface area contributed by atoms with Crippen molar-refractivity contribution < 1.29 is 4.79 Å². The molecule has 0 spiro atoms. The first kappa shape index (κ1) is 12.0. The highest BCUT2D eigenvalue weighted by Crippen LogP contribution is 2.23. The number of nitrogens with zero attached hydrogens (tertiary/aromatic N) is 1. The Morgan fingerprint density at radius 2 is 2.12 bits per heavy atom. The number of benzene rings is 1. The minimum Gasteiger partial charge on any atom is -0.350 e. The first-order chi connectivity index (χ1) is 8.00. The minimum atomic E-state index is -0.206. The normalized spacial score (nSPS) is 20.0. The van der Waals surface area contributed by atoms with Gasteiger partial charge in [0.25, 0.3) is 5.91 Å². The van der Waals surface area contributed by atoms with Gasteiger partial charge in [0.1, 0.15) is 6.04 Å². The molecule has 1 atom stereocenters. The Balaban J connectivity index is 2.34. The molecule has 0 aliphatic carbocycles. The van der Waals surface area contributed by atoms with E-state index >= 15 is 0 Å².